The van der Waals surface area contributed by atoms with Gasteiger partial charge in [-0.15, -0.1) is 11.3 Å². The SMILES string of the molecule is COc1ccc(Cc2ccc(C(=O)N=C3COc4ccccc4NC3=O)s2)cc1. The van der Waals surface area contributed by atoms with Crippen LogP contribution in [0.5, 0.6) is 11.5 Å². The summed E-state index contributed by atoms with van der Waals surface area (Å²) in [6.45, 7) is -0.0569. The molecule has 0 radical (unpaired) electrons. The van der Waals surface area contributed by atoms with E-state index in [0.717, 1.165) is 16.2 Å². The zero-order valence-electron chi connectivity index (χ0n) is 15.7. The summed E-state index contributed by atoms with van der Waals surface area (Å²) in [5.74, 6) is 0.475. The maximum absolute atomic E-state index is 12.6. The van der Waals surface area contributed by atoms with Crippen molar-refractivity contribution in [1.29, 1.82) is 0 Å². The molecular formula is C22H18N2O4S. The number of anilines is 1. The first-order valence-corrected chi connectivity index (χ1v) is 9.81. The average Bonchev–Trinajstić information content (AvgIpc) is 3.14. The van der Waals surface area contributed by atoms with Gasteiger partial charge in [0.05, 0.1) is 17.7 Å². The van der Waals surface area contributed by atoms with Gasteiger partial charge >= 0.3 is 0 Å². The predicted molar refractivity (Wildman–Crippen MR) is 112 cm³/mol. The number of nitrogens with one attached hydrogen (secondary N) is 1. The molecule has 1 aromatic heterocycles. The Hall–Kier alpha value is -3.45. The lowest BCUT2D eigenvalue weighted by molar-refractivity contribution is -0.110. The number of ether oxygens (including phenoxy) is 2. The molecule has 29 heavy (non-hydrogen) atoms. The molecule has 2 aromatic carbocycles. The molecule has 0 aliphatic carbocycles. The fourth-order valence-electron chi connectivity index (χ4n) is 2.90. The summed E-state index contributed by atoms with van der Waals surface area (Å²) >= 11 is 1.37. The quantitative estimate of drug-likeness (QED) is 0.712. The molecule has 1 aliphatic heterocycles. The first-order chi connectivity index (χ1) is 14.1. The molecule has 1 N–H and O–H groups in total. The molecule has 1 aliphatic rings. The normalized spacial score (nSPS) is 14.5. The molecule has 0 atom stereocenters. The van der Waals surface area contributed by atoms with Crippen molar-refractivity contribution in [3.05, 3.63) is 76.0 Å². The van der Waals surface area contributed by atoms with Gasteiger partial charge in [0.2, 0.25) is 0 Å². The van der Waals surface area contributed by atoms with Crippen molar-refractivity contribution in [3.63, 3.8) is 0 Å². The molecule has 3 aromatic rings. The molecule has 2 amide bonds. The molecule has 2 heterocycles. The third-order valence-corrected chi connectivity index (χ3v) is 5.48. The number of benzene rings is 2. The highest BCUT2D eigenvalue weighted by atomic mass is 32.1. The fourth-order valence-corrected chi connectivity index (χ4v) is 3.82. The third kappa shape index (κ3) is 4.35. The smallest absolute Gasteiger partial charge is 0.287 e. The van der Waals surface area contributed by atoms with Gasteiger partial charge in [0, 0.05) is 11.3 Å². The molecule has 0 fully saturated rings. The van der Waals surface area contributed by atoms with Gasteiger partial charge in [-0.1, -0.05) is 24.3 Å². The van der Waals surface area contributed by atoms with E-state index in [1.165, 1.54) is 11.3 Å². The minimum atomic E-state index is -0.448. The molecule has 146 valence electrons. The molecule has 0 saturated heterocycles. The number of hydrogen-bond donors (Lipinski definition) is 1. The molecule has 0 saturated carbocycles. The van der Waals surface area contributed by atoms with Gasteiger partial charge < -0.3 is 14.8 Å². The van der Waals surface area contributed by atoms with E-state index in [1.54, 1.807) is 31.4 Å². The number of carbonyl (C=O) groups is 2. The topological polar surface area (TPSA) is 77.0 Å². The van der Waals surface area contributed by atoms with Gasteiger partial charge in [0.15, 0.2) is 0 Å². The van der Waals surface area contributed by atoms with Gasteiger partial charge in [0.1, 0.15) is 23.8 Å². The Morgan fingerprint density at radius 2 is 1.93 bits per heavy atom. The van der Waals surface area contributed by atoms with Crippen molar-refractivity contribution in [3.8, 4) is 11.5 Å². The van der Waals surface area contributed by atoms with E-state index in [1.807, 2.05) is 36.4 Å². The monoisotopic (exact) mass is 406 g/mol. The lowest BCUT2D eigenvalue weighted by atomic mass is 10.1. The number of amides is 2. The summed E-state index contributed by atoms with van der Waals surface area (Å²) in [6.07, 6.45) is 0.706. The van der Waals surface area contributed by atoms with Crippen molar-refractivity contribution < 1.29 is 19.1 Å². The lowest BCUT2D eigenvalue weighted by Crippen LogP contribution is -2.26. The number of carbonyl (C=O) groups excluding carboxylic acids is 2. The van der Waals surface area contributed by atoms with Crippen LogP contribution in [0.25, 0.3) is 0 Å². The van der Waals surface area contributed by atoms with Crippen LogP contribution in [0.15, 0.2) is 65.7 Å². The van der Waals surface area contributed by atoms with E-state index in [9.17, 15) is 9.59 Å². The standard InChI is InChI=1S/C22H18N2O4S/c1-27-15-8-6-14(7-9-15)12-16-10-11-20(29-16)22(26)24-18-13-28-19-5-3-2-4-17(19)23-21(18)25/h2-11H,12-13H2,1H3,(H,23,25). The fraction of sp³-hybridized carbons (Fsp3) is 0.136. The van der Waals surface area contributed by atoms with Crippen LogP contribution in [-0.4, -0.2) is 31.2 Å². The van der Waals surface area contributed by atoms with Crippen LogP contribution in [0.2, 0.25) is 0 Å². The Balaban J connectivity index is 1.46. The Bertz CT molecular complexity index is 1090. The van der Waals surface area contributed by atoms with Crippen LogP contribution in [0.1, 0.15) is 20.1 Å². The summed E-state index contributed by atoms with van der Waals surface area (Å²) in [6, 6.07) is 18.5. The first-order valence-electron chi connectivity index (χ1n) is 8.99. The van der Waals surface area contributed by atoms with E-state index in [4.69, 9.17) is 9.47 Å². The van der Waals surface area contributed by atoms with Gasteiger partial charge in [-0.2, -0.15) is 0 Å². The maximum Gasteiger partial charge on any atom is 0.287 e. The second-order valence-electron chi connectivity index (χ2n) is 6.39. The first kappa shape index (κ1) is 18.9. The van der Waals surface area contributed by atoms with Crippen LogP contribution < -0.4 is 14.8 Å². The van der Waals surface area contributed by atoms with Crippen molar-refractivity contribution in [2.75, 3.05) is 19.0 Å². The summed E-state index contributed by atoms with van der Waals surface area (Å²) in [4.78, 5) is 30.5. The molecule has 6 nitrogen and oxygen atoms in total. The zero-order chi connectivity index (χ0) is 20.2. The van der Waals surface area contributed by atoms with E-state index >= 15 is 0 Å². The Morgan fingerprint density at radius 1 is 1.14 bits per heavy atom. The predicted octanol–water partition coefficient (Wildman–Crippen LogP) is 3.96. The highest BCUT2D eigenvalue weighted by Gasteiger charge is 2.21. The number of aliphatic imine (C=N–C) groups is 1. The van der Waals surface area contributed by atoms with Crippen LogP contribution in [-0.2, 0) is 11.2 Å². The number of methoxy groups -OCH3 is 1. The maximum atomic E-state index is 12.6. The van der Waals surface area contributed by atoms with Crippen LogP contribution in [0.4, 0.5) is 5.69 Å². The van der Waals surface area contributed by atoms with E-state index in [-0.39, 0.29) is 12.3 Å². The Kier molecular flexibility index (Phi) is 5.39. The van der Waals surface area contributed by atoms with Gasteiger partial charge in [0.25, 0.3) is 11.8 Å². The van der Waals surface area contributed by atoms with Crippen molar-refractivity contribution in [2.45, 2.75) is 6.42 Å². The minimum Gasteiger partial charge on any atom is -0.497 e. The second-order valence-corrected chi connectivity index (χ2v) is 7.56. The Labute approximate surface area is 171 Å². The number of fused-ring (bicyclic) bond motifs is 1. The van der Waals surface area contributed by atoms with E-state index in [0.29, 0.717) is 22.7 Å². The number of rotatable bonds is 4. The third-order valence-electron chi connectivity index (χ3n) is 4.41. The highest BCUT2D eigenvalue weighted by Crippen LogP contribution is 2.26. The molecule has 0 bridgehead atoms. The number of para-hydroxylation sites is 2. The molecule has 0 unspecified atom stereocenters. The van der Waals surface area contributed by atoms with Crippen molar-refractivity contribution >= 4 is 34.6 Å². The zero-order valence-corrected chi connectivity index (χ0v) is 16.5. The molecule has 0 spiro atoms. The molecule has 7 heteroatoms. The summed E-state index contributed by atoms with van der Waals surface area (Å²) in [5.41, 5.74) is 1.73. The summed E-state index contributed by atoms with van der Waals surface area (Å²) < 4.78 is 10.8. The molecular weight excluding hydrogens is 388 g/mol. The van der Waals surface area contributed by atoms with E-state index in [2.05, 4.69) is 10.3 Å². The van der Waals surface area contributed by atoms with Crippen LogP contribution in [0, 0.1) is 0 Å². The summed E-state index contributed by atoms with van der Waals surface area (Å²) in [5, 5.41) is 2.72. The van der Waals surface area contributed by atoms with Gasteiger partial charge in [-0.25, -0.2) is 4.99 Å². The lowest BCUT2D eigenvalue weighted by Gasteiger charge is -2.04. The van der Waals surface area contributed by atoms with Crippen LogP contribution in [0.3, 0.4) is 0 Å². The minimum absolute atomic E-state index is 0.0521. The largest absolute Gasteiger partial charge is 0.497 e. The van der Waals surface area contributed by atoms with Crippen molar-refractivity contribution in [2.24, 2.45) is 4.99 Å². The second kappa shape index (κ2) is 8.28. The highest BCUT2D eigenvalue weighted by molar-refractivity contribution is 7.14. The van der Waals surface area contributed by atoms with Gasteiger partial charge in [-0.05, 0) is 42.0 Å². The molecule has 4 rings (SSSR count). The van der Waals surface area contributed by atoms with E-state index < -0.39 is 11.8 Å². The van der Waals surface area contributed by atoms with Gasteiger partial charge in [-0.3, -0.25) is 9.59 Å². The van der Waals surface area contributed by atoms with Crippen molar-refractivity contribution in [1.82, 2.24) is 0 Å². The average molecular weight is 406 g/mol. The summed E-state index contributed by atoms with van der Waals surface area (Å²) in [7, 11) is 1.63. The number of thiophene rings is 1. The Morgan fingerprint density at radius 3 is 2.72 bits per heavy atom. The number of nitrogens with zero attached hydrogens (tertiary/aromatic N) is 1. The van der Waals surface area contributed by atoms with Crippen LogP contribution >= 0.6 is 11.3 Å². The number of hydrogen-bond acceptors (Lipinski definition) is 5.